The number of rotatable bonds is 9. The van der Waals surface area contributed by atoms with Crippen molar-refractivity contribution in [2.24, 2.45) is 0 Å². The molecule has 39 heavy (non-hydrogen) atoms. The van der Waals surface area contributed by atoms with Crippen molar-refractivity contribution in [2.45, 2.75) is 31.8 Å². The summed E-state index contributed by atoms with van der Waals surface area (Å²) in [7, 11) is 2.15. The fourth-order valence-electron chi connectivity index (χ4n) is 5.20. The highest BCUT2D eigenvalue weighted by molar-refractivity contribution is 5.99. The van der Waals surface area contributed by atoms with E-state index in [2.05, 4.69) is 61.5 Å². The molecule has 0 radical (unpaired) electrons. The lowest BCUT2D eigenvalue weighted by molar-refractivity contribution is 0.0346. The molecule has 0 unspecified atom stereocenters. The van der Waals surface area contributed by atoms with Crippen LogP contribution in [0.4, 0.5) is 28.8 Å². The van der Waals surface area contributed by atoms with Gasteiger partial charge in [-0.3, -0.25) is 4.79 Å². The number of nitrogens with zero attached hydrogens (tertiary/aromatic N) is 4. The lowest BCUT2D eigenvalue weighted by Gasteiger charge is -2.34. The largest absolute Gasteiger partial charge is 0.385 e. The number of anilines is 5. The summed E-state index contributed by atoms with van der Waals surface area (Å²) in [5, 5.41) is 20.4. The van der Waals surface area contributed by atoms with Crippen LogP contribution in [0.2, 0.25) is 0 Å². The minimum absolute atomic E-state index is 0.299. The Morgan fingerprint density at radius 3 is 2.56 bits per heavy atom. The second-order valence-corrected chi connectivity index (χ2v) is 10.3. The van der Waals surface area contributed by atoms with E-state index in [0.29, 0.717) is 36.7 Å². The van der Waals surface area contributed by atoms with E-state index in [4.69, 9.17) is 0 Å². The molecule has 1 aliphatic heterocycles. The second-order valence-electron chi connectivity index (χ2n) is 10.3. The summed E-state index contributed by atoms with van der Waals surface area (Å²) in [4.78, 5) is 26.7. The maximum Gasteiger partial charge on any atom is 0.256 e. The Morgan fingerprint density at radius 2 is 1.85 bits per heavy atom. The zero-order valence-electron chi connectivity index (χ0n) is 22.7. The second kappa shape index (κ2) is 11.4. The van der Waals surface area contributed by atoms with Gasteiger partial charge in [0.15, 0.2) is 0 Å². The normalized spacial score (nSPS) is 18.9. The molecule has 1 atom stereocenters. The van der Waals surface area contributed by atoms with Crippen molar-refractivity contribution in [3.8, 4) is 0 Å². The van der Waals surface area contributed by atoms with Gasteiger partial charge in [0.1, 0.15) is 11.4 Å². The standard InChI is InChI=1S/C30H37N7O2/c1-4-14-31-28(38)25-20-32-29(34-22-8-10-24(11-9-22)37-17-15-36(3)16-18-37)35-27(25)33-23-7-6-21-12-13-30(39,5-2)26(21)19-23/h4,6-11,19-20,39H,1,5,12-18H2,2-3H3,(H,31,38)(H2,32,33,34,35)/t30-/m1/s1. The molecule has 1 amide bonds. The van der Waals surface area contributed by atoms with E-state index in [9.17, 15) is 9.90 Å². The third-order valence-electron chi connectivity index (χ3n) is 7.70. The van der Waals surface area contributed by atoms with Gasteiger partial charge in [-0.05, 0) is 73.8 Å². The van der Waals surface area contributed by atoms with Gasteiger partial charge in [-0.15, -0.1) is 6.58 Å². The number of hydrogen-bond donors (Lipinski definition) is 4. The summed E-state index contributed by atoms with van der Waals surface area (Å²) in [6, 6.07) is 14.2. The number of hydrogen-bond acceptors (Lipinski definition) is 8. The lowest BCUT2D eigenvalue weighted by atomic mass is 9.93. The molecule has 1 fully saturated rings. The number of amides is 1. The van der Waals surface area contributed by atoms with E-state index in [1.54, 1.807) is 6.08 Å². The highest BCUT2D eigenvalue weighted by atomic mass is 16.3. The zero-order chi connectivity index (χ0) is 27.4. The van der Waals surface area contributed by atoms with Crippen molar-refractivity contribution in [1.29, 1.82) is 0 Å². The molecule has 5 rings (SSSR count). The number of fused-ring (bicyclic) bond motifs is 1. The van der Waals surface area contributed by atoms with Crippen molar-refractivity contribution >= 4 is 34.7 Å². The van der Waals surface area contributed by atoms with Crippen LogP contribution in [0.25, 0.3) is 0 Å². The average molecular weight is 528 g/mol. The van der Waals surface area contributed by atoms with Gasteiger partial charge in [0.25, 0.3) is 5.91 Å². The molecule has 9 heteroatoms. The molecule has 9 nitrogen and oxygen atoms in total. The Balaban J connectivity index is 1.38. The lowest BCUT2D eigenvalue weighted by Crippen LogP contribution is -2.44. The summed E-state index contributed by atoms with van der Waals surface area (Å²) >= 11 is 0. The number of carbonyl (C=O) groups excluding carboxylic acids is 1. The Bertz CT molecular complexity index is 1340. The van der Waals surface area contributed by atoms with E-state index in [1.165, 1.54) is 11.9 Å². The number of carbonyl (C=O) groups is 1. The Hall–Kier alpha value is -3.95. The van der Waals surface area contributed by atoms with Crippen LogP contribution in [0.1, 0.15) is 41.3 Å². The van der Waals surface area contributed by atoms with Crippen LogP contribution in [0.5, 0.6) is 0 Å². The van der Waals surface area contributed by atoms with Gasteiger partial charge >= 0.3 is 0 Å². The Kier molecular flexibility index (Phi) is 7.81. The summed E-state index contributed by atoms with van der Waals surface area (Å²) in [5.74, 6) is 0.448. The maximum atomic E-state index is 12.9. The number of benzene rings is 2. The molecule has 0 bridgehead atoms. The molecular weight excluding hydrogens is 490 g/mol. The van der Waals surface area contributed by atoms with E-state index >= 15 is 0 Å². The van der Waals surface area contributed by atoms with Gasteiger partial charge in [0.2, 0.25) is 5.95 Å². The molecule has 3 aromatic rings. The highest BCUT2D eigenvalue weighted by Crippen LogP contribution is 2.41. The Morgan fingerprint density at radius 1 is 1.10 bits per heavy atom. The van der Waals surface area contributed by atoms with Gasteiger partial charge < -0.3 is 30.9 Å². The number of piperazine rings is 1. The first-order chi connectivity index (χ1) is 18.9. The summed E-state index contributed by atoms with van der Waals surface area (Å²) in [5.41, 5.74) is 4.37. The molecule has 2 aliphatic rings. The smallest absolute Gasteiger partial charge is 0.256 e. The number of aliphatic hydroxyl groups is 1. The maximum absolute atomic E-state index is 12.9. The minimum Gasteiger partial charge on any atom is -0.385 e. The van der Waals surface area contributed by atoms with Gasteiger partial charge in [-0.2, -0.15) is 4.98 Å². The van der Waals surface area contributed by atoms with Crippen LogP contribution in [-0.2, 0) is 12.0 Å². The highest BCUT2D eigenvalue weighted by Gasteiger charge is 2.35. The average Bonchev–Trinajstić information content (AvgIpc) is 3.29. The monoisotopic (exact) mass is 527 g/mol. The van der Waals surface area contributed by atoms with Crippen LogP contribution >= 0.6 is 0 Å². The van der Waals surface area contributed by atoms with E-state index in [1.807, 2.05) is 37.3 Å². The predicted molar refractivity (Wildman–Crippen MR) is 156 cm³/mol. The third-order valence-corrected chi connectivity index (χ3v) is 7.70. The molecule has 1 aromatic heterocycles. The van der Waals surface area contributed by atoms with Crippen molar-refractivity contribution < 1.29 is 9.90 Å². The molecule has 204 valence electrons. The molecule has 0 spiro atoms. The van der Waals surface area contributed by atoms with E-state index < -0.39 is 5.60 Å². The fourth-order valence-corrected chi connectivity index (χ4v) is 5.20. The first-order valence-electron chi connectivity index (χ1n) is 13.6. The minimum atomic E-state index is -0.828. The first-order valence-corrected chi connectivity index (χ1v) is 13.6. The molecule has 2 aromatic carbocycles. The summed E-state index contributed by atoms with van der Waals surface area (Å²) < 4.78 is 0. The number of likely N-dealkylation sites (N-methyl/N-ethyl adjacent to an activating group) is 1. The van der Waals surface area contributed by atoms with E-state index in [0.717, 1.165) is 55.1 Å². The molecule has 1 aliphatic carbocycles. The number of nitrogens with one attached hydrogen (secondary N) is 3. The molecule has 0 saturated carbocycles. The van der Waals surface area contributed by atoms with Crippen LogP contribution in [0.15, 0.2) is 61.3 Å². The molecule has 4 N–H and O–H groups in total. The Labute approximate surface area is 230 Å². The van der Waals surface area contributed by atoms with Gasteiger partial charge in [0, 0.05) is 56.0 Å². The van der Waals surface area contributed by atoms with Crippen molar-refractivity contribution in [1.82, 2.24) is 20.2 Å². The van der Waals surface area contributed by atoms with Crippen molar-refractivity contribution in [3.05, 3.63) is 78.0 Å². The van der Waals surface area contributed by atoms with Crippen LogP contribution in [0, 0.1) is 0 Å². The SMILES string of the molecule is C=CCNC(=O)c1cnc(Nc2ccc(N3CCN(C)CC3)cc2)nc1Nc1ccc2c(c1)[C@@](O)(CC)CC2. The number of aromatic nitrogens is 2. The molecule has 1 saturated heterocycles. The van der Waals surface area contributed by atoms with Gasteiger partial charge in [-0.1, -0.05) is 19.1 Å². The number of aryl methyl sites for hydroxylation is 1. The van der Waals surface area contributed by atoms with Crippen LogP contribution in [0.3, 0.4) is 0 Å². The van der Waals surface area contributed by atoms with Gasteiger partial charge in [0.05, 0.1) is 5.60 Å². The molecular formula is C30H37N7O2. The predicted octanol–water partition coefficient (Wildman–Crippen LogP) is 4.18. The van der Waals surface area contributed by atoms with Crippen molar-refractivity contribution in [2.75, 3.05) is 55.3 Å². The van der Waals surface area contributed by atoms with E-state index in [-0.39, 0.29) is 5.91 Å². The summed E-state index contributed by atoms with van der Waals surface area (Å²) in [6.07, 6.45) is 5.36. The van der Waals surface area contributed by atoms with Gasteiger partial charge in [-0.25, -0.2) is 4.98 Å². The topological polar surface area (TPSA) is 106 Å². The fraction of sp³-hybridized carbons (Fsp3) is 0.367. The van der Waals surface area contributed by atoms with Crippen LogP contribution in [-0.4, -0.2) is 65.7 Å². The quantitative estimate of drug-likeness (QED) is 0.307. The summed E-state index contributed by atoms with van der Waals surface area (Å²) in [6.45, 7) is 10.1. The zero-order valence-corrected chi connectivity index (χ0v) is 22.7. The van der Waals surface area contributed by atoms with Crippen molar-refractivity contribution in [3.63, 3.8) is 0 Å². The molecule has 2 heterocycles. The first kappa shape index (κ1) is 26.6. The van der Waals surface area contributed by atoms with Crippen LogP contribution < -0.4 is 20.9 Å². The third kappa shape index (κ3) is 5.89.